The molecule has 0 fully saturated rings. The van der Waals surface area contributed by atoms with Crippen LogP contribution in [0, 0.1) is 0 Å². The molecule has 2 rings (SSSR count). The van der Waals surface area contributed by atoms with E-state index in [0.717, 1.165) is 6.26 Å². The number of nitrogens with zero attached hydrogens (tertiary/aromatic N) is 1. The number of sulfonamides is 1. The van der Waals surface area contributed by atoms with Gasteiger partial charge in [-0.2, -0.15) is 0 Å². The van der Waals surface area contributed by atoms with E-state index in [2.05, 4.69) is 15.0 Å². The number of rotatable bonds is 5. The van der Waals surface area contributed by atoms with E-state index in [9.17, 15) is 18.3 Å². The Hall–Kier alpha value is -2.81. The number of anilines is 2. The van der Waals surface area contributed by atoms with Crippen molar-refractivity contribution >= 4 is 27.3 Å². The fourth-order valence-corrected chi connectivity index (χ4v) is 2.38. The second kappa shape index (κ2) is 6.53. The number of carbonyl (C=O) groups excluding carboxylic acids is 1. The molecule has 0 radical (unpaired) electrons. The molecule has 23 heavy (non-hydrogen) atoms. The zero-order chi connectivity index (χ0) is 17.0. The maximum Gasteiger partial charge on any atom is 0.278 e. The van der Waals surface area contributed by atoms with Gasteiger partial charge in [0.05, 0.1) is 19.1 Å². The van der Waals surface area contributed by atoms with Gasteiger partial charge in [0, 0.05) is 18.0 Å². The van der Waals surface area contributed by atoms with Crippen LogP contribution in [-0.2, 0) is 10.0 Å². The van der Waals surface area contributed by atoms with Crippen LogP contribution >= 0.6 is 0 Å². The SMILES string of the molecule is COc1cc(NC(=O)c2ncccc2O)ccc1NS(C)(=O)=O. The number of hydrogen-bond donors (Lipinski definition) is 3. The van der Waals surface area contributed by atoms with Crippen molar-refractivity contribution < 1.29 is 23.1 Å². The number of aromatic nitrogens is 1. The molecule has 1 aromatic carbocycles. The number of hydrogen-bond acceptors (Lipinski definition) is 6. The standard InChI is InChI=1S/C14H15N3O5S/c1-22-12-8-9(5-6-10(12)17-23(2,20)21)16-14(19)13-11(18)4-3-7-15-13/h3-8,17-18H,1-2H3,(H,16,19). The van der Waals surface area contributed by atoms with Crippen LogP contribution in [0.2, 0.25) is 0 Å². The van der Waals surface area contributed by atoms with Crippen molar-refractivity contribution in [3.05, 3.63) is 42.2 Å². The fraction of sp³-hybridized carbons (Fsp3) is 0.143. The van der Waals surface area contributed by atoms with Crippen LogP contribution < -0.4 is 14.8 Å². The summed E-state index contributed by atoms with van der Waals surface area (Å²) in [7, 11) is -2.08. The molecule has 1 amide bonds. The largest absolute Gasteiger partial charge is 0.505 e. The van der Waals surface area contributed by atoms with Gasteiger partial charge in [0.2, 0.25) is 10.0 Å². The molecule has 0 aliphatic heterocycles. The Morgan fingerprint density at radius 1 is 1.30 bits per heavy atom. The van der Waals surface area contributed by atoms with Crippen LogP contribution in [-0.4, -0.2) is 37.8 Å². The maximum absolute atomic E-state index is 12.1. The lowest BCUT2D eigenvalue weighted by Gasteiger charge is -2.12. The fourth-order valence-electron chi connectivity index (χ4n) is 1.82. The Morgan fingerprint density at radius 2 is 2.04 bits per heavy atom. The molecule has 0 unspecified atom stereocenters. The summed E-state index contributed by atoms with van der Waals surface area (Å²) in [6.45, 7) is 0. The summed E-state index contributed by atoms with van der Waals surface area (Å²) in [5, 5.41) is 12.2. The predicted octanol–water partition coefficient (Wildman–Crippen LogP) is 1.42. The van der Waals surface area contributed by atoms with Crippen molar-refractivity contribution in [1.82, 2.24) is 4.98 Å². The molecule has 2 aromatic rings. The molecule has 0 bridgehead atoms. The van der Waals surface area contributed by atoms with Crippen molar-refractivity contribution in [3.63, 3.8) is 0 Å². The van der Waals surface area contributed by atoms with Crippen molar-refractivity contribution in [3.8, 4) is 11.5 Å². The van der Waals surface area contributed by atoms with Crippen LogP contribution in [0.3, 0.4) is 0 Å². The number of pyridine rings is 1. The number of nitrogens with one attached hydrogen (secondary N) is 2. The number of benzene rings is 1. The van der Waals surface area contributed by atoms with Gasteiger partial charge in [-0.15, -0.1) is 0 Å². The second-order valence-corrected chi connectivity index (χ2v) is 6.36. The van der Waals surface area contributed by atoms with E-state index in [4.69, 9.17) is 4.74 Å². The highest BCUT2D eigenvalue weighted by molar-refractivity contribution is 7.92. The van der Waals surface area contributed by atoms with Crippen LogP contribution in [0.5, 0.6) is 11.5 Å². The first-order valence-electron chi connectivity index (χ1n) is 6.41. The Balaban J connectivity index is 2.24. The third kappa shape index (κ3) is 4.33. The Kier molecular flexibility index (Phi) is 4.70. The molecule has 1 heterocycles. The molecular formula is C14H15N3O5S. The molecular weight excluding hydrogens is 322 g/mol. The molecule has 122 valence electrons. The van der Waals surface area contributed by atoms with E-state index in [-0.39, 0.29) is 22.9 Å². The highest BCUT2D eigenvalue weighted by Gasteiger charge is 2.14. The maximum atomic E-state index is 12.1. The van der Waals surface area contributed by atoms with Gasteiger partial charge in [-0.3, -0.25) is 9.52 Å². The summed E-state index contributed by atoms with van der Waals surface area (Å²) < 4.78 is 30.0. The lowest BCUT2D eigenvalue weighted by atomic mass is 10.2. The average Bonchev–Trinajstić information content (AvgIpc) is 2.47. The molecule has 9 heteroatoms. The number of amides is 1. The van der Waals surface area contributed by atoms with E-state index in [1.54, 1.807) is 0 Å². The van der Waals surface area contributed by atoms with Gasteiger partial charge in [-0.25, -0.2) is 13.4 Å². The lowest BCUT2D eigenvalue weighted by Crippen LogP contribution is -2.14. The van der Waals surface area contributed by atoms with Crippen molar-refractivity contribution in [2.45, 2.75) is 0 Å². The first kappa shape index (κ1) is 16.6. The zero-order valence-corrected chi connectivity index (χ0v) is 13.2. The summed E-state index contributed by atoms with van der Waals surface area (Å²) in [5.41, 5.74) is 0.481. The molecule has 0 spiro atoms. The number of aromatic hydroxyl groups is 1. The molecule has 0 aliphatic rings. The molecule has 0 saturated carbocycles. The van der Waals surface area contributed by atoms with Crippen LogP contribution in [0.4, 0.5) is 11.4 Å². The quantitative estimate of drug-likeness (QED) is 0.759. The van der Waals surface area contributed by atoms with Gasteiger partial charge in [-0.05, 0) is 24.3 Å². The smallest absolute Gasteiger partial charge is 0.278 e. The van der Waals surface area contributed by atoms with E-state index >= 15 is 0 Å². The van der Waals surface area contributed by atoms with E-state index < -0.39 is 15.9 Å². The predicted molar refractivity (Wildman–Crippen MR) is 85.3 cm³/mol. The zero-order valence-electron chi connectivity index (χ0n) is 12.4. The first-order chi connectivity index (χ1) is 10.8. The Bertz CT molecular complexity index is 836. The summed E-state index contributed by atoms with van der Waals surface area (Å²) in [4.78, 5) is 15.9. The third-order valence-corrected chi connectivity index (χ3v) is 3.35. The minimum atomic E-state index is -3.45. The topological polar surface area (TPSA) is 118 Å². The van der Waals surface area contributed by atoms with Gasteiger partial charge in [-0.1, -0.05) is 0 Å². The summed E-state index contributed by atoms with van der Waals surface area (Å²) >= 11 is 0. The number of ether oxygens (including phenoxy) is 1. The molecule has 0 aliphatic carbocycles. The van der Waals surface area contributed by atoms with Crippen molar-refractivity contribution in [2.24, 2.45) is 0 Å². The lowest BCUT2D eigenvalue weighted by molar-refractivity contribution is 0.101. The normalized spacial score (nSPS) is 10.9. The number of carbonyl (C=O) groups is 1. The van der Waals surface area contributed by atoms with Crippen molar-refractivity contribution in [2.75, 3.05) is 23.4 Å². The van der Waals surface area contributed by atoms with Gasteiger partial charge < -0.3 is 15.2 Å². The second-order valence-electron chi connectivity index (χ2n) is 4.61. The molecule has 3 N–H and O–H groups in total. The summed E-state index contributed by atoms with van der Waals surface area (Å²) in [6.07, 6.45) is 2.40. The van der Waals surface area contributed by atoms with Crippen LogP contribution in [0.15, 0.2) is 36.5 Å². The third-order valence-electron chi connectivity index (χ3n) is 2.76. The van der Waals surface area contributed by atoms with Gasteiger partial charge in [0.25, 0.3) is 5.91 Å². The highest BCUT2D eigenvalue weighted by atomic mass is 32.2. The number of methoxy groups -OCH3 is 1. The average molecular weight is 337 g/mol. The first-order valence-corrected chi connectivity index (χ1v) is 8.30. The van der Waals surface area contributed by atoms with Crippen LogP contribution in [0.1, 0.15) is 10.5 Å². The monoisotopic (exact) mass is 337 g/mol. The molecule has 8 nitrogen and oxygen atoms in total. The highest BCUT2D eigenvalue weighted by Crippen LogP contribution is 2.29. The minimum absolute atomic E-state index is 0.121. The molecule has 1 aromatic heterocycles. The Labute approximate surface area is 133 Å². The summed E-state index contributed by atoms with van der Waals surface area (Å²) in [5.74, 6) is -0.611. The summed E-state index contributed by atoms with van der Waals surface area (Å²) in [6, 6.07) is 7.25. The van der Waals surface area contributed by atoms with Gasteiger partial charge in [0.1, 0.15) is 11.5 Å². The van der Waals surface area contributed by atoms with E-state index in [0.29, 0.717) is 5.69 Å². The van der Waals surface area contributed by atoms with Crippen molar-refractivity contribution in [1.29, 1.82) is 0 Å². The van der Waals surface area contributed by atoms with E-state index in [1.165, 1.54) is 43.6 Å². The van der Waals surface area contributed by atoms with Crippen LogP contribution in [0.25, 0.3) is 0 Å². The van der Waals surface area contributed by atoms with E-state index in [1.807, 2.05) is 0 Å². The minimum Gasteiger partial charge on any atom is -0.505 e. The van der Waals surface area contributed by atoms with Gasteiger partial charge >= 0.3 is 0 Å². The Morgan fingerprint density at radius 3 is 2.65 bits per heavy atom. The van der Waals surface area contributed by atoms with Gasteiger partial charge in [0.15, 0.2) is 5.69 Å². The molecule has 0 atom stereocenters. The molecule has 0 saturated heterocycles.